The van der Waals surface area contributed by atoms with Crippen molar-refractivity contribution in [2.24, 2.45) is 5.92 Å². The fraction of sp³-hybridized carbons (Fsp3) is 1.00. The summed E-state index contributed by atoms with van der Waals surface area (Å²) in [6, 6.07) is 0.0309. The largest absolute Gasteiger partial charge is 0.416 e. The van der Waals surface area contributed by atoms with Crippen LogP contribution in [0.4, 0.5) is 13.2 Å². The summed E-state index contributed by atoms with van der Waals surface area (Å²) in [6.07, 6.45) is -1.99. The Balaban J connectivity index is 2.44. The van der Waals surface area contributed by atoms with Gasteiger partial charge in [0.2, 0.25) is 0 Å². The van der Waals surface area contributed by atoms with Gasteiger partial charge in [-0.2, -0.15) is 13.2 Å². The lowest BCUT2D eigenvalue weighted by Crippen LogP contribution is -2.45. The number of hydrogen-bond acceptors (Lipinski definition) is 2. The molecule has 0 aromatic rings. The minimum absolute atomic E-state index is 0.0309. The van der Waals surface area contributed by atoms with Crippen molar-refractivity contribution in [2.75, 3.05) is 20.2 Å². The van der Waals surface area contributed by atoms with Gasteiger partial charge in [0.15, 0.2) is 8.32 Å². The van der Waals surface area contributed by atoms with Crippen LogP contribution >= 0.6 is 0 Å². The number of rotatable bonds is 5. The molecule has 1 aliphatic rings. The lowest BCUT2D eigenvalue weighted by molar-refractivity contribution is -0.186. The van der Waals surface area contributed by atoms with Crippen molar-refractivity contribution in [1.82, 2.24) is 4.90 Å². The molecule has 0 bridgehead atoms. The Morgan fingerprint density at radius 2 is 1.73 bits per heavy atom. The van der Waals surface area contributed by atoms with E-state index in [-0.39, 0.29) is 23.9 Å². The molecule has 0 radical (unpaired) electrons. The van der Waals surface area contributed by atoms with Gasteiger partial charge in [-0.25, -0.2) is 0 Å². The van der Waals surface area contributed by atoms with E-state index in [0.717, 1.165) is 6.42 Å². The Bertz CT molecular complexity index is 352. The molecule has 0 N–H and O–H groups in total. The van der Waals surface area contributed by atoms with Crippen LogP contribution in [0.3, 0.4) is 0 Å². The lowest BCUT2D eigenvalue weighted by Gasteiger charge is -2.38. The molecular weight excluding hydrogens is 307 g/mol. The van der Waals surface area contributed by atoms with Crippen molar-refractivity contribution in [3.63, 3.8) is 0 Å². The van der Waals surface area contributed by atoms with E-state index in [2.05, 4.69) is 38.8 Å². The van der Waals surface area contributed by atoms with Gasteiger partial charge in [-0.3, -0.25) is 0 Å². The molecule has 1 aliphatic carbocycles. The normalized spacial score (nSPS) is 24.8. The summed E-state index contributed by atoms with van der Waals surface area (Å²) in [5.41, 5.74) is 0. The van der Waals surface area contributed by atoms with Gasteiger partial charge in [0, 0.05) is 19.2 Å². The second kappa shape index (κ2) is 7.22. The molecule has 0 aromatic heterocycles. The van der Waals surface area contributed by atoms with Crippen LogP contribution in [0.5, 0.6) is 0 Å². The predicted octanol–water partition coefficient (Wildman–Crippen LogP) is 5.06. The fourth-order valence-corrected chi connectivity index (χ4v) is 3.74. The molecule has 1 fully saturated rings. The first-order chi connectivity index (χ1) is 9.84. The fourth-order valence-electron chi connectivity index (χ4n) is 2.71. The monoisotopic (exact) mass is 339 g/mol. The van der Waals surface area contributed by atoms with Crippen molar-refractivity contribution in [3.05, 3.63) is 0 Å². The molecular formula is C16H32F3NOSi. The van der Waals surface area contributed by atoms with Gasteiger partial charge in [-0.05, 0) is 44.4 Å². The Hall–Kier alpha value is -0.0731. The quantitative estimate of drug-likeness (QED) is 0.649. The summed E-state index contributed by atoms with van der Waals surface area (Å²) >= 11 is 0. The first kappa shape index (κ1) is 20.0. The lowest BCUT2D eigenvalue weighted by atomic mass is 9.84. The van der Waals surface area contributed by atoms with Crippen LogP contribution in [-0.2, 0) is 4.43 Å². The summed E-state index contributed by atoms with van der Waals surface area (Å²) in [5, 5.41) is 0.164. The molecule has 22 heavy (non-hydrogen) atoms. The van der Waals surface area contributed by atoms with Gasteiger partial charge in [-0.15, -0.1) is 0 Å². The summed E-state index contributed by atoms with van der Waals surface area (Å²) in [4.78, 5) is 2.06. The van der Waals surface area contributed by atoms with E-state index in [1.807, 2.05) is 7.05 Å². The van der Waals surface area contributed by atoms with Crippen LogP contribution in [0.1, 0.15) is 46.5 Å². The molecule has 132 valence electrons. The number of halogens is 3. The topological polar surface area (TPSA) is 12.5 Å². The molecule has 0 amide bonds. The van der Waals surface area contributed by atoms with Crippen LogP contribution in [0.15, 0.2) is 0 Å². The van der Waals surface area contributed by atoms with Gasteiger partial charge in [0.25, 0.3) is 0 Å². The highest BCUT2D eigenvalue weighted by atomic mass is 28.4. The van der Waals surface area contributed by atoms with Gasteiger partial charge < -0.3 is 9.33 Å². The minimum Gasteiger partial charge on any atom is -0.416 e. The summed E-state index contributed by atoms with van der Waals surface area (Å²) in [7, 11) is 0.158. The number of alkyl halides is 3. The molecule has 0 aliphatic heterocycles. The maximum atomic E-state index is 12.9. The predicted molar refractivity (Wildman–Crippen MR) is 87.6 cm³/mol. The average molecular weight is 340 g/mol. The molecule has 0 spiro atoms. The smallest absolute Gasteiger partial charge is 0.391 e. The highest BCUT2D eigenvalue weighted by molar-refractivity contribution is 6.74. The number of likely N-dealkylation sites (N-methyl/N-ethyl adjacent to an activating group) is 1. The summed E-state index contributed by atoms with van der Waals surface area (Å²) in [5.74, 6) is -1.13. The molecule has 2 atom stereocenters. The second-order valence-corrected chi connectivity index (χ2v) is 13.0. The Morgan fingerprint density at radius 3 is 2.23 bits per heavy atom. The van der Waals surface area contributed by atoms with Crippen LogP contribution in [0.2, 0.25) is 18.1 Å². The van der Waals surface area contributed by atoms with E-state index < -0.39 is 20.4 Å². The highest BCUT2D eigenvalue weighted by Gasteiger charge is 2.43. The standard InChI is InChI=1S/C16H32F3NOSi/c1-15(2,3)22(5,6)21-11-10-20(4)14-9-7-8-13(12-14)16(17,18)19/h13-14H,7-12H2,1-6H3/t13-,14+/m0/s1. The molecule has 0 saturated heterocycles. The molecule has 1 saturated carbocycles. The molecule has 2 nitrogen and oxygen atoms in total. The van der Waals surface area contributed by atoms with E-state index in [0.29, 0.717) is 19.6 Å². The minimum atomic E-state index is -4.04. The van der Waals surface area contributed by atoms with E-state index in [1.54, 1.807) is 0 Å². The Morgan fingerprint density at radius 1 is 1.14 bits per heavy atom. The maximum absolute atomic E-state index is 12.9. The van der Waals surface area contributed by atoms with Crippen LogP contribution in [-0.4, -0.2) is 45.6 Å². The van der Waals surface area contributed by atoms with Crippen molar-refractivity contribution >= 4 is 8.32 Å². The number of nitrogens with zero attached hydrogens (tertiary/aromatic N) is 1. The van der Waals surface area contributed by atoms with Gasteiger partial charge in [-0.1, -0.05) is 27.2 Å². The van der Waals surface area contributed by atoms with Crippen LogP contribution in [0, 0.1) is 5.92 Å². The van der Waals surface area contributed by atoms with Gasteiger partial charge in [0.1, 0.15) is 0 Å². The van der Waals surface area contributed by atoms with E-state index >= 15 is 0 Å². The first-order valence-corrected chi connectivity index (χ1v) is 11.2. The third-order valence-electron chi connectivity index (χ3n) is 5.45. The molecule has 1 rings (SSSR count). The van der Waals surface area contributed by atoms with E-state index in [9.17, 15) is 13.2 Å². The zero-order chi connectivity index (χ0) is 17.2. The van der Waals surface area contributed by atoms with Crippen molar-refractivity contribution in [1.29, 1.82) is 0 Å². The Labute approximate surface area is 134 Å². The first-order valence-electron chi connectivity index (χ1n) is 8.25. The zero-order valence-corrected chi connectivity index (χ0v) is 15.9. The average Bonchev–Trinajstić information content (AvgIpc) is 2.36. The van der Waals surface area contributed by atoms with Gasteiger partial charge in [0.05, 0.1) is 5.92 Å². The van der Waals surface area contributed by atoms with Crippen molar-refractivity contribution in [2.45, 2.75) is 76.8 Å². The van der Waals surface area contributed by atoms with Crippen LogP contribution < -0.4 is 0 Å². The van der Waals surface area contributed by atoms with Crippen molar-refractivity contribution in [3.8, 4) is 0 Å². The van der Waals surface area contributed by atoms with E-state index in [4.69, 9.17) is 4.43 Å². The second-order valence-electron chi connectivity index (χ2n) is 8.15. The third kappa shape index (κ3) is 5.53. The van der Waals surface area contributed by atoms with E-state index in [1.165, 1.54) is 0 Å². The summed E-state index contributed by atoms with van der Waals surface area (Å²) in [6.45, 7) is 12.3. The molecule has 6 heteroatoms. The molecule has 0 heterocycles. The SMILES string of the molecule is CN(CCO[Si](C)(C)C(C)(C)C)[C@@H]1CCC[C@H](C(F)(F)F)C1. The zero-order valence-electron chi connectivity index (χ0n) is 14.9. The van der Waals surface area contributed by atoms with Gasteiger partial charge >= 0.3 is 6.18 Å². The number of hydrogen-bond donors (Lipinski definition) is 0. The summed E-state index contributed by atoms with van der Waals surface area (Å²) < 4.78 is 44.8. The molecule has 0 aromatic carbocycles. The van der Waals surface area contributed by atoms with Crippen molar-refractivity contribution < 1.29 is 17.6 Å². The molecule has 0 unspecified atom stereocenters. The van der Waals surface area contributed by atoms with Crippen LogP contribution in [0.25, 0.3) is 0 Å². The third-order valence-corrected chi connectivity index (χ3v) is 9.98. The highest BCUT2D eigenvalue weighted by Crippen LogP contribution is 2.39. The maximum Gasteiger partial charge on any atom is 0.391 e. The Kier molecular flexibility index (Phi) is 6.55.